The molecule has 0 unspecified atom stereocenters. The number of hydrogen-bond donors (Lipinski definition) is 1. The zero-order chi connectivity index (χ0) is 18.2. The van der Waals surface area contributed by atoms with Crippen LogP contribution in [0, 0.1) is 0 Å². The topological polar surface area (TPSA) is 77.9 Å². The van der Waals surface area contributed by atoms with Crippen LogP contribution in [0.15, 0.2) is 23.6 Å². The number of hydrogen-bond acceptors (Lipinski definition) is 8. The maximum absolute atomic E-state index is 5.66. The summed E-state index contributed by atoms with van der Waals surface area (Å²) in [5, 5.41) is 5.48. The highest BCUT2D eigenvalue weighted by Gasteiger charge is 2.21. The number of benzene rings is 1. The number of nitrogens with zero attached hydrogens (tertiary/aromatic N) is 3. The second kappa shape index (κ2) is 6.70. The van der Waals surface area contributed by atoms with Gasteiger partial charge in [0.05, 0.1) is 18.7 Å². The molecule has 3 heterocycles. The summed E-state index contributed by atoms with van der Waals surface area (Å²) in [6.07, 6.45) is 6.72. The Labute approximate surface area is 160 Å². The predicted molar refractivity (Wildman–Crippen MR) is 105 cm³/mol. The highest BCUT2D eigenvalue weighted by Crippen LogP contribution is 2.40. The smallest absolute Gasteiger partial charge is 0.203 e. The van der Waals surface area contributed by atoms with Crippen molar-refractivity contribution in [3.8, 4) is 17.2 Å². The molecule has 1 N–H and O–H groups in total. The van der Waals surface area contributed by atoms with Gasteiger partial charge in [-0.15, -0.1) is 11.3 Å². The molecule has 7 nitrogen and oxygen atoms in total. The molecule has 0 saturated carbocycles. The number of thiophene rings is 1. The minimum atomic E-state index is 0.521. The first kappa shape index (κ1) is 16.3. The van der Waals surface area contributed by atoms with Gasteiger partial charge in [-0.1, -0.05) is 0 Å². The molecule has 0 saturated heterocycles. The lowest BCUT2D eigenvalue weighted by Crippen LogP contribution is -2.16. The number of nitrogens with one attached hydrogen (secondary N) is 1. The van der Waals surface area contributed by atoms with Crippen LogP contribution in [0.3, 0.4) is 0 Å². The lowest BCUT2D eigenvalue weighted by Gasteiger charge is -2.20. The molecule has 0 amide bonds. The summed E-state index contributed by atoms with van der Waals surface area (Å²) < 4.78 is 16.7. The van der Waals surface area contributed by atoms with Crippen LogP contribution in [0.25, 0.3) is 10.2 Å². The van der Waals surface area contributed by atoms with Gasteiger partial charge in [0, 0.05) is 10.4 Å². The number of aryl methyl sites for hydroxylation is 2. The van der Waals surface area contributed by atoms with Gasteiger partial charge in [0.1, 0.15) is 24.4 Å². The van der Waals surface area contributed by atoms with Crippen molar-refractivity contribution in [1.82, 2.24) is 9.97 Å². The SMILES string of the molecule is COc1cc(/C=N\Nc2ncnc3sc4c(c23)CCC4)cc2c1OCCO2. The van der Waals surface area contributed by atoms with Gasteiger partial charge in [0.15, 0.2) is 17.3 Å². The molecule has 3 aromatic rings. The monoisotopic (exact) mass is 382 g/mol. The summed E-state index contributed by atoms with van der Waals surface area (Å²) in [7, 11) is 1.61. The van der Waals surface area contributed by atoms with Crippen molar-refractivity contribution < 1.29 is 14.2 Å². The molecular formula is C19H18N4O3S. The molecule has 0 fully saturated rings. The van der Waals surface area contributed by atoms with Crippen molar-refractivity contribution in [3.63, 3.8) is 0 Å². The van der Waals surface area contributed by atoms with Gasteiger partial charge in [0.2, 0.25) is 5.75 Å². The van der Waals surface area contributed by atoms with Crippen molar-refractivity contribution in [2.75, 3.05) is 25.7 Å². The highest BCUT2D eigenvalue weighted by atomic mass is 32.1. The van der Waals surface area contributed by atoms with E-state index in [0.29, 0.717) is 30.5 Å². The van der Waals surface area contributed by atoms with Crippen LogP contribution in [0.1, 0.15) is 22.4 Å². The summed E-state index contributed by atoms with van der Waals surface area (Å²) in [6.45, 7) is 1.05. The van der Waals surface area contributed by atoms with Crippen LogP contribution in [-0.4, -0.2) is 36.5 Å². The van der Waals surface area contributed by atoms with E-state index in [0.717, 1.165) is 34.4 Å². The average Bonchev–Trinajstić information content (AvgIpc) is 3.28. The van der Waals surface area contributed by atoms with E-state index in [-0.39, 0.29) is 0 Å². The summed E-state index contributed by atoms with van der Waals surface area (Å²) >= 11 is 1.76. The normalized spacial score (nSPS) is 15.3. The van der Waals surface area contributed by atoms with Crippen molar-refractivity contribution in [3.05, 3.63) is 34.5 Å². The van der Waals surface area contributed by atoms with E-state index in [1.807, 2.05) is 12.1 Å². The van der Waals surface area contributed by atoms with Crippen LogP contribution in [0.5, 0.6) is 17.2 Å². The zero-order valence-electron chi connectivity index (χ0n) is 14.8. The maximum Gasteiger partial charge on any atom is 0.203 e. The molecule has 1 aromatic carbocycles. The van der Waals surface area contributed by atoms with E-state index in [1.165, 1.54) is 16.9 Å². The molecule has 138 valence electrons. The summed E-state index contributed by atoms with van der Waals surface area (Å²) in [6, 6.07) is 3.76. The number of aromatic nitrogens is 2. The molecule has 2 aliphatic rings. The van der Waals surface area contributed by atoms with E-state index in [1.54, 1.807) is 31.0 Å². The number of ether oxygens (including phenoxy) is 3. The molecule has 5 rings (SSSR count). The second-order valence-electron chi connectivity index (χ2n) is 6.38. The number of methoxy groups -OCH3 is 1. The van der Waals surface area contributed by atoms with Crippen LogP contribution in [0.4, 0.5) is 5.82 Å². The minimum Gasteiger partial charge on any atom is -0.493 e. The Kier molecular flexibility index (Phi) is 4.05. The molecular weight excluding hydrogens is 364 g/mol. The van der Waals surface area contributed by atoms with Crippen molar-refractivity contribution >= 4 is 33.6 Å². The van der Waals surface area contributed by atoms with Crippen LogP contribution >= 0.6 is 11.3 Å². The van der Waals surface area contributed by atoms with Gasteiger partial charge in [-0.2, -0.15) is 5.10 Å². The van der Waals surface area contributed by atoms with Crippen molar-refractivity contribution in [2.24, 2.45) is 5.10 Å². The number of hydrazone groups is 1. The first-order valence-electron chi connectivity index (χ1n) is 8.85. The summed E-state index contributed by atoms with van der Waals surface area (Å²) in [4.78, 5) is 11.3. The Bertz CT molecular complexity index is 1030. The van der Waals surface area contributed by atoms with Crippen LogP contribution in [-0.2, 0) is 12.8 Å². The van der Waals surface area contributed by atoms with Gasteiger partial charge in [-0.25, -0.2) is 9.97 Å². The number of rotatable bonds is 4. The standard InChI is InChI=1S/C19H18N4O3S/c1-24-13-7-11(8-14-17(13)26-6-5-25-14)9-22-23-18-16-12-3-2-4-15(12)27-19(16)21-10-20-18/h7-10H,2-6H2,1H3,(H,20,21,23)/b22-9-. The Hall–Kier alpha value is -2.87. The predicted octanol–water partition coefficient (Wildman–Crippen LogP) is 3.41. The van der Waals surface area contributed by atoms with E-state index in [2.05, 4.69) is 20.5 Å². The Morgan fingerprint density at radius 1 is 1.22 bits per heavy atom. The molecule has 0 atom stereocenters. The zero-order valence-corrected chi connectivity index (χ0v) is 15.6. The first-order valence-corrected chi connectivity index (χ1v) is 9.67. The van der Waals surface area contributed by atoms with E-state index >= 15 is 0 Å². The Morgan fingerprint density at radius 2 is 2.15 bits per heavy atom. The third-order valence-electron chi connectivity index (χ3n) is 4.74. The van der Waals surface area contributed by atoms with Crippen LogP contribution < -0.4 is 19.6 Å². The lowest BCUT2D eigenvalue weighted by molar-refractivity contribution is 0.165. The quantitative estimate of drug-likeness (QED) is 0.550. The van der Waals surface area contributed by atoms with Gasteiger partial charge in [-0.3, -0.25) is 5.43 Å². The van der Waals surface area contributed by atoms with Crippen molar-refractivity contribution in [1.29, 1.82) is 0 Å². The fraction of sp³-hybridized carbons (Fsp3) is 0.316. The van der Waals surface area contributed by atoms with E-state index in [9.17, 15) is 0 Å². The lowest BCUT2D eigenvalue weighted by atomic mass is 10.2. The number of fused-ring (bicyclic) bond motifs is 4. The molecule has 0 radical (unpaired) electrons. The van der Waals surface area contributed by atoms with Crippen LogP contribution in [0.2, 0.25) is 0 Å². The average molecular weight is 382 g/mol. The van der Waals surface area contributed by atoms with E-state index < -0.39 is 0 Å². The molecule has 1 aliphatic heterocycles. The summed E-state index contributed by atoms with van der Waals surface area (Å²) in [5.74, 6) is 2.69. The van der Waals surface area contributed by atoms with Gasteiger partial charge < -0.3 is 14.2 Å². The van der Waals surface area contributed by atoms with Gasteiger partial charge >= 0.3 is 0 Å². The third-order valence-corrected chi connectivity index (χ3v) is 5.94. The van der Waals surface area contributed by atoms with E-state index in [4.69, 9.17) is 14.2 Å². The number of anilines is 1. The molecule has 2 aromatic heterocycles. The largest absolute Gasteiger partial charge is 0.493 e. The molecule has 8 heteroatoms. The van der Waals surface area contributed by atoms with Crippen molar-refractivity contribution in [2.45, 2.75) is 19.3 Å². The Morgan fingerprint density at radius 3 is 3.07 bits per heavy atom. The molecule has 0 bridgehead atoms. The van der Waals surface area contributed by atoms with Gasteiger partial charge in [0.25, 0.3) is 0 Å². The first-order chi connectivity index (χ1) is 13.3. The molecule has 1 aliphatic carbocycles. The maximum atomic E-state index is 5.66. The van der Waals surface area contributed by atoms with Gasteiger partial charge in [-0.05, 0) is 37.0 Å². The fourth-order valence-electron chi connectivity index (χ4n) is 3.55. The summed E-state index contributed by atoms with van der Waals surface area (Å²) in [5.41, 5.74) is 5.30. The minimum absolute atomic E-state index is 0.521. The molecule has 0 spiro atoms. The highest BCUT2D eigenvalue weighted by molar-refractivity contribution is 7.19. The second-order valence-corrected chi connectivity index (χ2v) is 7.46. The fourth-order valence-corrected chi connectivity index (χ4v) is 4.78. The molecule has 27 heavy (non-hydrogen) atoms. The third kappa shape index (κ3) is 2.86. The Balaban J connectivity index is 1.44.